The maximum atomic E-state index is 12.5. The van der Waals surface area contributed by atoms with Crippen molar-refractivity contribution in [2.75, 3.05) is 26.4 Å². The summed E-state index contributed by atoms with van der Waals surface area (Å²) in [4.78, 5) is 26.6. The molecule has 2 N–H and O–H groups in total. The molecule has 2 amide bonds. The highest BCUT2D eigenvalue weighted by Gasteiger charge is 2.41. The van der Waals surface area contributed by atoms with Crippen molar-refractivity contribution >= 4 is 11.8 Å². The third-order valence-corrected chi connectivity index (χ3v) is 5.44. The van der Waals surface area contributed by atoms with Gasteiger partial charge in [-0.1, -0.05) is 12.8 Å². The van der Waals surface area contributed by atoms with E-state index in [0.29, 0.717) is 45.1 Å². The Morgan fingerprint density at radius 1 is 1.32 bits per heavy atom. The summed E-state index contributed by atoms with van der Waals surface area (Å²) >= 11 is 0. The molecule has 0 aromatic heterocycles. The largest absolute Gasteiger partial charge is 0.394 e. The maximum absolute atomic E-state index is 12.5. The molecule has 3 fully saturated rings. The first kappa shape index (κ1) is 15.7. The van der Waals surface area contributed by atoms with Gasteiger partial charge in [0.1, 0.15) is 0 Å². The molecule has 0 aromatic rings. The molecule has 2 saturated heterocycles. The quantitative estimate of drug-likeness (QED) is 0.789. The minimum absolute atomic E-state index is 0.0743. The normalized spacial score (nSPS) is 29.0. The van der Waals surface area contributed by atoms with Crippen LogP contribution in [0, 0.1) is 5.92 Å². The standard InChI is InChI=1S/C16H26N2O4/c19-11-16(5-7-22-8-6-16)17-15(21)12-9-14(20)18(10-12)13-3-1-2-4-13/h12-13,19H,1-11H2,(H,17,21). The fourth-order valence-corrected chi connectivity index (χ4v) is 3.92. The Morgan fingerprint density at radius 3 is 2.64 bits per heavy atom. The molecule has 1 atom stereocenters. The van der Waals surface area contributed by atoms with Crippen LogP contribution in [0.3, 0.4) is 0 Å². The van der Waals surface area contributed by atoms with E-state index < -0.39 is 5.54 Å². The highest BCUT2D eigenvalue weighted by Crippen LogP contribution is 2.30. The van der Waals surface area contributed by atoms with Crippen LogP contribution in [0.1, 0.15) is 44.9 Å². The van der Waals surface area contributed by atoms with E-state index in [4.69, 9.17) is 4.74 Å². The molecule has 124 valence electrons. The van der Waals surface area contributed by atoms with E-state index in [9.17, 15) is 14.7 Å². The van der Waals surface area contributed by atoms with Gasteiger partial charge in [0, 0.05) is 32.2 Å². The second-order valence-electron chi connectivity index (χ2n) is 6.93. The third-order valence-electron chi connectivity index (χ3n) is 5.44. The number of nitrogens with one attached hydrogen (secondary N) is 1. The molecule has 1 aliphatic carbocycles. The summed E-state index contributed by atoms with van der Waals surface area (Å²) in [6, 6.07) is 0.334. The van der Waals surface area contributed by atoms with Crippen molar-refractivity contribution in [2.24, 2.45) is 5.92 Å². The van der Waals surface area contributed by atoms with E-state index >= 15 is 0 Å². The Bertz CT molecular complexity index is 428. The lowest BCUT2D eigenvalue weighted by atomic mass is 9.90. The van der Waals surface area contributed by atoms with E-state index in [1.807, 2.05) is 4.90 Å². The summed E-state index contributed by atoms with van der Waals surface area (Å²) in [5.74, 6) is -0.263. The van der Waals surface area contributed by atoms with Gasteiger partial charge in [0.2, 0.25) is 11.8 Å². The van der Waals surface area contributed by atoms with Gasteiger partial charge in [-0.2, -0.15) is 0 Å². The van der Waals surface area contributed by atoms with Crippen LogP contribution in [0.25, 0.3) is 0 Å². The Morgan fingerprint density at radius 2 is 2.00 bits per heavy atom. The predicted molar refractivity (Wildman–Crippen MR) is 80.1 cm³/mol. The second kappa shape index (κ2) is 6.54. The van der Waals surface area contributed by atoms with Gasteiger partial charge in [0.25, 0.3) is 0 Å². The Labute approximate surface area is 131 Å². The molecule has 2 aliphatic heterocycles. The lowest BCUT2D eigenvalue weighted by Gasteiger charge is -2.37. The van der Waals surface area contributed by atoms with Gasteiger partial charge in [0.05, 0.1) is 18.1 Å². The van der Waals surface area contributed by atoms with Crippen LogP contribution < -0.4 is 5.32 Å². The van der Waals surface area contributed by atoms with Crippen LogP contribution in [0.2, 0.25) is 0 Å². The number of hydrogen-bond acceptors (Lipinski definition) is 4. The van der Waals surface area contributed by atoms with Crippen LogP contribution in [0.4, 0.5) is 0 Å². The van der Waals surface area contributed by atoms with E-state index in [0.717, 1.165) is 12.8 Å². The topological polar surface area (TPSA) is 78.9 Å². The molecule has 3 aliphatic rings. The predicted octanol–water partition coefficient (Wildman–Crippen LogP) is 0.435. The molecule has 1 saturated carbocycles. The number of nitrogens with zero attached hydrogens (tertiary/aromatic N) is 1. The maximum Gasteiger partial charge on any atom is 0.225 e. The van der Waals surface area contributed by atoms with E-state index in [2.05, 4.69) is 5.32 Å². The highest BCUT2D eigenvalue weighted by molar-refractivity contribution is 5.89. The van der Waals surface area contributed by atoms with Gasteiger partial charge in [-0.05, 0) is 25.7 Å². The molecule has 6 heteroatoms. The molecule has 2 heterocycles. The van der Waals surface area contributed by atoms with E-state index in [1.54, 1.807) is 0 Å². The summed E-state index contributed by atoms with van der Waals surface area (Å²) < 4.78 is 5.31. The molecule has 1 unspecified atom stereocenters. The Kier molecular flexibility index (Phi) is 4.68. The molecule has 6 nitrogen and oxygen atoms in total. The van der Waals surface area contributed by atoms with Gasteiger partial charge in [-0.25, -0.2) is 0 Å². The molecular formula is C16H26N2O4. The van der Waals surface area contributed by atoms with Gasteiger partial charge in [0.15, 0.2) is 0 Å². The highest BCUT2D eigenvalue weighted by atomic mass is 16.5. The van der Waals surface area contributed by atoms with Crippen molar-refractivity contribution in [3.63, 3.8) is 0 Å². The first-order valence-corrected chi connectivity index (χ1v) is 8.44. The fraction of sp³-hybridized carbons (Fsp3) is 0.875. The van der Waals surface area contributed by atoms with E-state index in [-0.39, 0.29) is 24.3 Å². The number of aliphatic hydroxyl groups excluding tert-OH is 1. The number of aliphatic hydroxyl groups is 1. The number of ether oxygens (including phenoxy) is 1. The van der Waals surface area contributed by atoms with Gasteiger partial charge < -0.3 is 20.1 Å². The molecule has 0 spiro atoms. The van der Waals surface area contributed by atoms with Crippen molar-refractivity contribution in [2.45, 2.75) is 56.5 Å². The fourth-order valence-electron chi connectivity index (χ4n) is 3.92. The third kappa shape index (κ3) is 3.13. The number of carbonyl (C=O) groups excluding carboxylic acids is 2. The summed E-state index contributed by atoms with van der Waals surface area (Å²) in [5, 5.41) is 12.7. The van der Waals surface area contributed by atoms with Crippen LogP contribution in [0.5, 0.6) is 0 Å². The first-order chi connectivity index (χ1) is 10.6. The number of rotatable bonds is 4. The van der Waals surface area contributed by atoms with Crippen molar-refractivity contribution < 1.29 is 19.4 Å². The summed E-state index contributed by atoms with van der Waals surface area (Å²) in [7, 11) is 0. The van der Waals surface area contributed by atoms with Crippen molar-refractivity contribution in [3.8, 4) is 0 Å². The first-order valence-electron chi connectivity index (χ1n) is 8.44. The SMILES string of the molecule is O=C(NC1(CO)CCOCC1)C1CC(=O)N(C2CCCC2)C1. The van der Waals surface area contributed by atoms with E-state index in [1.165, 1.54) is 12.8 Å². The van der Waals surface area contributed by atoms with Crippen LogP contribution in [-0.2, 0) is 14.3 Å². The number of amides is 2. The Hall–Kier alpha value is -1.14. The van der Waals surface area contributed by atoms with Crippen LogP contribution in [0.15, 0.2) is 0 Å². The van der Waals surface area contributed by atoms with Gasteiger partial charge in [-0.15, -0.1) is 0 Å². The summed E-state index contributed by atoms with van der Waals surface area (Å²) in [5.41, 5.74) is -0.570. The molecule has 0 bridgehead atoms. The number of hydrogen-bond donors (Lipinski definition) is 2. The molecule has 0 radical (unpaired) electrons. The monoisotopic (exact) mass is 310 g/mol. The smallest absolute Gasteiger partial charge is 0.225 e. The lowest BCUT2D eigenvalue weighted by Crippen LogP contribution is -2.56. The summed E-state index contributed by atoms with van der Waals surface area (Å²) in [6.45, 7) is 1.57. The lowest BCUT2D eigenvalue weighted by molar-refractivity contribution is -0.131. The zero-order valence-corrected chi connectivity index (χ0v) is 13.1. The summed E-state index contributed by atoms with van der Waals surface area (Å²) in [6.07, 6.45) is 6.05. The minimum atomic E-state index is -0.570. The second-order valence-corrected chi connectivity index (χ2v) is 6.93. The van der Waals surface area contributed by atoms with Crippen molar-refractivity contribution in [1.82, 2.24) is 10.2 Å². The number of likely N-dealkylation sites (tertiary alicyclic amines) is 1. The number of carbonyl (C=O) groups is 2. The molecule has 0 aromatic carbocycles. The average molecular weight is 310 g/mol. The van der Waals surface area contributed by atoms with Crippen LogP contribution in [-0.4, -0.2) is 59.8 Å². The van der Waals surface area contributed by atoms with Gasteiger partial charge >= 0.3 is 0 Å². The minimum Gasteiger partial charge on any atom is -0.394 e. The van der Waals surface area contributed by atoms with Crippen LogP contribution >= 0.6 is 0 Å². The molecular weight excluding hydrogens is 284 g/mol. The molecule has 22 heavy (non-hydrogen) atoms. The van der Waals surface area contributed by atoms with Crippen molar-refractivity contribution in [1.29, 1.82) is 0 Å². The average Bonchev–Trinajstić information content (AvgIpc) is 3.17. The zero-order chi connectivity index (χ0) is 15.6. The molecule has 3 rings (SSSR count). The van der Waals surface area contributed by atoms with Gasteiger partial charge in [-0.3, -0.25) is 9.59 Å². The van der Waals surface area contributed by atoms with Crippen molar-refractivity contribution in [3.05, 3.63) is 0 Å². The zero-order valence-electron chi connectivity index (χ0n) is 13.1. The Balaban J connectivity index is 1.59.